The predicted molar refractivity (Wildman–Crippen MR) is 165 cm³/mol. The molecule has 0 aromatic heterocycles. The maximum absolute atomic E-state index is 13.2. The molecule has 0 bridgehead atoms. The van der Waals surface area contributed by atoms with Crippen LogP contribution in [0.25, 0.3) is 16.8 Å². The Morgan fingerprint density at radius 2 is 1.50 bits per heavy atom. The van der Waals surface area contributed by atoms with E-state index in [1.165, 1.54) is 11.5 Å². The minimum absolute atomic E-state index is 0.111. The maximum atomic E-state index is 13.2. The molecule has 0 radical (unpaired) electrons. The van der Waals surface area contributed by atoms with Gasteiger partial charge in [-0.2, -0.15) is 0 Å². The van der Waals surface area contributed by atoms with E-state index in [2.05, 4.69) is 80.8 Å². The molecule has 4 amide bonds. The normalized spacial score (nSPS) is 14.8. The molecule has 190 valence electrons. The third-order valence-corrected chi connectivity index (χ3v) is 7.84. The number of ether oxygens (including phenoxy) is 1. The second kappa shape index (κ2) is 11.2. The van der Waals surface area contributed by atoms with Gasteiger partial charge in [0.25, 0.3) is 11.8 Å². The summed E-state index contributed by atoms with van der Waals surface area (Å²) in [6, 6.07) is 24.5. The molecule has 0 unspecified atom stereocenters. The van der Waals surface area contributed by atoms with Crippen LogP contribution < -0.4 is 15.0 Å². The second-order valence-corrected chi connectivity index (χ2v) is 11.1. The molecule has 1 aliphatic heterocycles. The van der Waals surface area contributed by atoms with Crippen molar-refractivity contribution in [2.75, 3.05) is 4.90 Å². The number of barbiturate groups is 1. The lowest BCUT2D eigenvalue weighted by molar-refractivity contribution is -0.122. The van der Waals surface area contributed by atoms with Gasteiger partial charge in [-0.05, 0) is 115 Å². The Kier molecular flexibility index (Phi) is 7.80. The lowest BCUT2D eigenvalue weighted by Gasteiger charge is -2.26. The Morgan fingerprint density at radius 3 is 2.18 bits per heavy atom. The van der Waals surface area contributed by atoms with Crippen molar-refractivity contribution in [2.45, 2.75) is 20.0 Å². The van der Waals surface area contributed by atoms with Crippen LogP contribution in [0, 0.1) is 7.14 Å². The number of imide groups is 2. The molecule has 0 saturated carbocycles. The summed E-state index contributed by atoms with van der Waals surface area (Å²) in [4.78, 5) is 39.4. The van der Waals surface area contributed by atoms with Crippen LogP contribution in [0.3, 0.4) is 0 Å². The molecule has 1 aliphatic rings. The molecule has 38 heavy (non-hydrogen) atoms. The first-order valence-electron chi connectivity index (χ1n) is 11.9. The van der Waals surface area contributed by atoms with Crippen molar-refractivity contribution in [2.24, 2.45) is 0 Å². The van der Waals surface area contributed by atoms with Gasteiger partial charge in [-0.1, -0.05) is 55.5 Å². The summed E-state index contributed by atoms with van der Waals surface area (Å²) in [6.07, 6.45) is 2.35. The van der Waals surface area contributed by atoms with Crippen LogP contribution in [-0.4, -0.2) is 17.8 Å². The number of urea groups is 1. The van der Waals surface area contributed by atoms with E-state index in [4.69, 9.17) is 4.74 Å². The van der Waals surface area contributed by atoms with Crippen LogP contribution >= 0.6 is 45.2 Å². The molecule has 6 nitrogen and oxygen atoms in total. The number of anilines is 1. The van der Waals surface area contributed by atoms with E-state index >= 15 is 0 Å². The molecule has 1 fully saturated rings. The van der Waals surface area contributed by atoms with Gasteiger partial charge in [0, 0.05) is 0 Å². The van der Waals surface area contributed by atoms with Gasteiger partial charge >= 0.3 is 6.03 Å². The van der Waals surface area contributed by atoms with Crippen molar-refractivity contribution < 1.29 is 19.1 Å². The summed E-state index contributed by atoms with van der Waals surface area (Å²) in [5, 5.41) is 4.61. The van der Waals surface area contributed by atoms with Gasteiger partial charge < -0.3 is 4.74 Å². The van der Waals surface area contributed by atoms with Gasteiger partial charge in [-0.3, -0.25) is 14.9 Å². The molecule has 0 atom stereocenters. The fraction of sp³-hybridized carbons (Fsp3) is 0.100. The predicted octanol–water partition coefficient (Wildman–Crippen LogP) is 6.86. The minimum atomic E-state index is -0.761. The first kappa shape index (κ1) is 26.4. The zero-order valence-corrected chi connectivity index (χ0v) is 24.6. The van der Waals surface area contributed by atoms with Crippen LogP contribution in [-0.2, 0) is 22.6 Å². The number of fused-ring (bicyclic) bond motifs is 1. The van der Waals surface area contributed by atoms with Gasteiger partial charge in [-0.15, -0.1) is 0 Å². The molecule has 5 rings (SSSR count). The fourth-order valence-electron chi connectivity index (χ4n) is 4.22. The van der Waals surface area contributed by atoms with Crippen molar-refractivity contribution in [1.29, 1.82) is 0 Å². The molecule has 8 heteroatoms. The SMILES string of the molecule is CCc1ccc(N2C(=O)NC(=O)/C(=C/c3cc(I)c(OCc4ccc5ccccc5c4)c(I)c3)C2=O)cc1. The number of hydrogen-bond donors (Lipinski definition) is 1. The lowest BCUT2D eigenvalue weighted by Crippen LogP contribution is -2.54. The third-order valence-electron chi connectivity index (χ3n) is 6.23. The van der Waals surface area contributed by atoms with E-state index < -0.39 is 17.8 Å². The number of rotatable bonds is 6. The Balaban J connectivity index is 1.38. The first-order chi connectivity index (χ1) is 18.3. The second-order valence-electron chi connectivity index (χ2n) is 8.76. The molecule has 4 aromatic rings. The summed E-state index contributed by atoms with van der Waals surface area (Å²) in [5.41, 5.74) is 3.09. The molecule has 0 spiro atoms. The number of nitrogens with one attached hydrogen (secondary N) is 1. The van der Waals surface area contributed by atoms with E-state index in [1.807, 2.05) is 43.3 Å². The van der Waals surface area contributed by atoms with E-state index in [1.54, 1.807) is 12.1 Å². The molecule has 1 N–H and O–H groups in total. The quantitative estimate of drug-likeness (QED) is 0.134. The lowest BCUT2D eigenvalue weighted by atomic mass is 10.1. The third kappa shape index (κ3) is 5.46. The van der Waals surface area contributed by atoms with Gasteiger partial charge in [0.15, 0.2) is 0 Å². The summed E-state index contributed by atoms with van der Waals surface area (Å²) in [7, 11) is 0. The van der Waals surface area contributed by atoms with Crippen molar-refractivity contribution in [3.8, 4) is 5.75 Å². The number of benzene rings is 4. The van der Waals surface area contributed by atoms with E-state index in [9.17, 15) is 14.4 Å². The molecule has 1 heterocycles. The molecule has 4 aromatic carbocycles. The van der Waals surface area contributed by atoms with Gasteiger partial charge in [0.1, 0.15) is 17.9 Å². The van der Waals surface area contributed by atoms with Crippen molar-refractivity contribution in [1.82, 2.24) is 5.32 Å². The highest BCUT2D eigenvalue weighted by Crippen LogP contribution is 2.31. The summed E-state index contributed by atoms with van der Waals surface area (Å²) >= 11 is 4.38. The van der Waals surface area contributed by atoms with Crippen molar-refractivity contribution in [3.05, 3.63) is 108 Å². The van der Waals surface area contributed by atoms with E-state index in [-0.39, 0.29) is 5.57 Å². The van der Waals surface area contributed by atoms with Crippen LogP contribution in [0.15, 0.2) is 84.4 Å². The zero-order valence-electron chi connectivity index (χ0n) is 20.3. The van der Waals surface area contributed by atoms with Crippen LogP contribution in [0.4, 0.5) is 10.5 Å². The molecule has 1 saturated heterocycles. The summed E-state index contributed by atoms with van der Waals surface area (Å²) < 4.78 is 7.85. The number of aryl methyl sites for hydroxylation is 1. The topological polar surface area (TPSA) is 75.7 Å². The Bertz CT molecular complexity index is 1590. The van der Waals surface area contributed by atoms with E-state index in [0.29, 0.717) is 17.9 Å². The molecular weight excluding hydrogens is 706 g/mol. The highest BCUT2D eigenvalue weighted by molar-refractivity contribution is 14.1. The fourth-order valence-corrected chi connectivity index (χ4v) is 6.35. The number of nitrogens with zero attached hydrogens (tertiary/aromatic N) is 1. The van der Waals surface area contributed by atoms with Crippen LogP contribution in [0.5, 0.6) is 5.75 Å². The molecule has 0 aliphatic carbocycles. The standard InChI is InChI=1S/C30H22I2N2O4/c1-2-18-8-11-23(12-9-18)34-29(36)24(28(35)33-30(34)37)14-20-15-25(31)27(26(32)16-20)38-17-19-7-10-21-5-3-4-6-22(21)13-19/h3-16H,2,17H2,1H3,(H,33,35,37)/b24-14-. The van der Waals surface area contributed by atoms with Crippen molar-refractivity contribution >= 4 is 85.6 Å². The van der Waals surface area contributed by atoms with Gasteiger partial charge in [0.2, 0.25) is 0 Å². The highest BCUT2D eigenvalue weighted by Gasteiger charge is 2.36. The number of carbonyl (C=O) groups is 3. The van der Waals surface area contributed by atoms with Crippen molar-refractivity contribution in [3.63, 3.8) is 0 Å². The number of amides is 4. The maximum Gasteiger partial charge on any atom is 0.335 e. The number of carbonyl (C=O) groups excluding carboxylic acids is 3. The minimum Gasteiger partial charge on any atom is -0.487 e. The molecular formula is C30H22I2N2O4. The van der Waals surface area contributed by atoms with Crippen LogP contribution in [0.1, 0.15) is 23.6 Å². The Hall–Kier alpha value is -3.25. The Labute approximate surface area is 247 Å². The van der Waals surface area contributed by atoms with Gasteiger partial charge in [-0.25, -0.2) is 9.69 Å². The Morgan fingerprint density at radius 1 is 0.842 bits per heavy atom. The highest BCUT2D eigenvalue weighted by atomic mass is 127. The monoisotopic (exact) mass is 728 g/mol. The number of hydrogen-bond acceptors (Lipinski definition) is 4. The average Bonchev–Trinajstić information content (AvgIpc) is 2.91. The van der Waals surface area contributed by atoms with Gasteiger partial charge in [0.05, 0.1) is 12.8 Å². The zero-order chi connectivity index (χ0) is 26.8. The summed E-state index contributed by atoms with van der Waals surface area (Å²) in [5.74, 6) is -0.651. The van der Waals surface area contributed by atoms with E-state index in [0.717, 1.165) is 40.7 Å². The smallest absolute Gasteiger partial charge is 0.335 e. The first-order valence-corrected chi connectivity index (χ1v) is 14.1. The van der Waals surface area contributed by atoms with Crippen LogP contribution in [0.2, 0.25) is 0 Å². The largest absolute Gasteiger partial charge is 0.487 e. The number of halogens is 2. The summed E-state index contributed by atoms with van der Waals surface area (Å²) in [6.45, 7) is 2.43. The average molecular weight is 728 g/mol.